The van der Waals surface area contributed by atoms with E-state index in [9.17, 15) is 9.59 Å². The van der Waals surface area contributed by atoms with Crippen molar-refractivity contribution in [2.75, 3.05) is 6.54 Å². The summed E-state index contributed by atoms with van der Waals surface area (Å²) in [6, 6.07) is 8.31. The summed E-state index contributed by atoms with van der Waals surface area (Å²) in [5.41, 5.74) is 6.76. The van der Waals surface area contributed by atoms with E-state index in [4.69, 9.17) is 5.73 Å². The Labute approximate surface area is 116 Å². The minimum atomic E-state index is -0.730. The van der Waals surface area contributed by atoms with Crippen molar-refractivity contribution < 1.29 is 9.59 Å². The highest BCUT2D eigenvalue weighted by Gasteiger charge is 2.21. The molecule has 0 fully saturated rings. The molecule has 100 valence electrons. The zero-order valence-corrected chi connectivity index (χ0v) is 11.1. The van der Waals surface area contributed by atoms with Crippen molar-refractivity contribution in [3.8, 4) is 0 Å². The molecule has 1 aromatic rings. The average molecular weight is 277 g/mol. The van der Waals surface area contributed by atoms with Gasteiger partial charge in [0, 0.05) is 0 Å². The molecule has 3 amide bonds. The second kappa shape index (κ2) is 6.40. The van der Waals surface area contributed by atoms with Crippen LogP contribution in [0, 0.1) is 0 Å². The van der Waals surface area contributed by atoms with Crippen molar-refractivity contribution in [2.45, 2.75) is 12.5 Å². The third-order valence-corrected chi connectivity index (χ3v) is 3.53. The number of carbonyl (C=O) groups is 2. The molecule has 1 aliphatic heterocycles. The summed E-state index contributed by atoms with van der Waals surface area (Å²) in [7, 11) is 0. The number of urea groups is 1. The number of nitrogens with two attached hydrogens (primary N) is 1. The lowest BCUT2D eigenvalue weighted by molar-refractivity contribution is -0.121. The van der Waals surface area contributed by atoms with Crippen LogP contribution < -0.4 is 11.1 Å². The van der Waals surface area contributed by atoms with Crippen LogP contribution in [0.25, 0.3) is 0 Å². The molecule has 0 saturated heterocycles. The Bertz CT molecular complexity index is 482. The zero-order chi connectivity index (χ0) is 13.7. The molecule has 0 radical (unpaired) electrons. The minimum Gasteiger partial charge on any atom is -0.320 e. The van der Waals surface area contributed by atoms with Crippen molar-refractivity contribution in [1.29, 1.82) is 0 Å². The molecule has 0 bridgehead atoms. The third-order valence-electron chi connectivity index (χ3n) is 2.65. The monoisotopic (exact) mass is 277 g/mol. The molecular weight excluding hydrogens is 262 g/mol. The lowest BCUT2D eigenvalue weighted by Crippen LogP contribution is -2.47. The first kappa shape index (κ1) is 13.6. The summed E-state index contributed by atoms with van der Waals surface area (Å²) in [4.78, 5) is 23.5. The number of nitrogens with one attached hydrogen (secondary N) is 1. The molecule has 3 N–H and O–H groups in total. The fraction of sp³-hybridized carbons (Fsp3) is 0.231. The number of benzene rings is 1. The molecule has 0 aromatic heterocycles. The summed E-state index contributed by atoms with van der Waals surface area (Å²) in [5.74, 6) is -0.457. The maximum Gasteiger partial charge on any atom is 0.334 e. The first-order valence-electron chi connectivity index (χ1n) is 5.90. The van der Waals surface area contributed by atoms with Gasteiger partial charge >= 0.3 is 6.03 Å². The van der Waals surface area contributed by atoms with Crippen LogP contribution in [-0.4, -0.2) is 28.8 Å². The molecular formula is C13H15N3O2S. The number of rotatable bonds is 3. The van der Waals surface area contributed by atoms with Crippen LogP contribution in [0.4, 0.5) is 4.79 Å². The Hall–Kier alpha value is -1.79. The number of amides is 3. The summed E-state index contributed by atoms with van der Waals surface area (Å²) in [6.45, 7) is 0.498. The smallest absolute Gasteiger partial charge is 0.320 e. The molecule has 1 heterocycles. The van der Waals surface area contributed by atoms with Gasteiger partial charge in [0.2, 0.25) is 5.91 Å². The number of imide groups is 1. The second-order valence-electron chi connectivity index (χ2n) is 4.13. The van der Waals surface area contributed by atoms with Gasteiger partial charge < -0.3 is 5.73 Å². The van der Waals surface area contributed by atoms with Gasteiger partial charge in [-0.05, 0) is 29.3 Å². The number of carbonyl (C=O) groups excluding carboxylic acids is 2. The number of nitrogens with zero attached hydrogens (tertiary/aromatic N) is 1. The van der Waals surface area contributed by atoms with Gasteiger partial charge in [-0.15, -0.1) is 0 Å². The maximum atomic E-state index is 11.8. The summed E-state index contributed by atoms with van der Waals surface area (Å²) in [6.07, 6.45) is 2.25. The predicted molar refractivity (Wildman–Crippen MR) is 75.1 cm³/mol. The maximum absolute atomic E-state index is 11.8. The highest BCUT2D eigenvalue weighted by molar-refractivity contribution is 8.00. The SMILES string of the molecule is N[C@@H](Cc1ccccc1)C(=O)NC(=O)N1CC=CS1. The summed E-state index contributed by atoms with van der Waals surface area (Å²) >= 11 is 1.26. The van der Waals surface area contributed by atoms with Crippen molar-refractivity contribution >= 4 is 23.9 Å². The molecule has 0 unspecified atom stereocenters. The van der Waals surface area contributed by atoms with Crippen LogP contribution in [0.5, 0.6) is 0 Å². The highest BCUT2D eigenvalue weighted by atomic mass is 32.2. The first-order valence-corrected chi connectivity index (χ1v) is 6.74. The summed E-state index contributed by atoms with van der Waals surface area (Å²) < 4.78 is 1.45. The largest absolute Gasteiger partial charge is 0.334 e. The Morgan fingerprint density at radius 1 is 1.37 bits per heavy atom. The normalized spacial score (nSPS) is 15.3. The lowest BCUT2D eigenvalue weighted by Gasteiger charge is -2.16. The molecule has 0 spiro atoms. The van der Waals surface area contributed by atoms with Crippen LogP contribution in [0.15, 0.2) is 41.8 Å². The van der Waals surface area contributed by atoms with Gasteiger partial charge in [-0.3, -0.25) is 14.4 Å². The Kier molecular flexibility index (Phi) is 4.59. The van der Waals surface area contributed by atoms with Crippen LogP contribution in [0.1, 0.15) is 5.56 Å². The van der Waals surface area contributed by atoms with Gasteiger partial charge in [-0.2, -0.15) is 0 Å². The van der Waals surface area contributed by atoms with E-state index >= 15 is 0 Å². The van der Waals surface area contributed by atoms with Gasteiger partial charge in [0.15, 0.2) is 0 Å². The molecule has 0 saturated carbocycles. The molecule has 6 heteroatoms. The van der Waals surface area contributed by atoms with Gasteiger partial charge in [0.25, 0.3) is 0 Å². The van der Waals surface area contributed by atoms with E-state index in [-0.39, 0.29) is 0 Å². The Balaban J connectivity index is 1.84. The molecule has 1 atom stereocenters. The number of hydrogen-bond acceptors (Lipinski definition) is 4. The van der Waals surface area contributed by atoms with E-state index < -0.39 is 18.0 Å². The van der Waals surface area contributed by atoms with E-state index in [1.807, 2.05) is 36.4 Å². The second-order valence-corrected chi connectivity index (χ2v) is 5.05. The van der Waals surface area contributed by atoms with Crippen LogP contribution >= 0.6 is 11.9 Å². The summed E-state index contributed by atoms with van der Waals surface area (Å²) in [5, 5.41) is 4.10. The molecule has 1 aromatic carbocycles. The van der Waals surface area contributed by atoms with Gasteiger partial charge in [-0.25, -0.2) is 4.79 Å². The van der Waals surface area contributed by atoms with Crippen molar-refractivity contribution in [2.24, 2.45) is 5.73 Å². The average Bonchev–Trinajstić information content (AvgIpc) is 2.93. The molecule has 2 rings (SSSR count). The van der Waals surface area contributed by atoms with Crippen LogP contribution in [0.3, 0.4) is 0 Å². The minimum absolute atomic E-state index is 0.408. The van der Waals surface area contributed by atoms with Gasteiger partial charge in [0.1, 0.15) is 0 Å². The Morgan fingerprint density at radius 3 is 2.74 bits per heavy atom. The van der Waals surface area contributed by atoms with E-state index in [1.165, 1.54) is 16.3 Å². The van der Waals surface area contributed by atoms with Crippen LogP contribution in [0.2, 0.25) is 0 Å². The van der Waals surface area contributed by atoms with Crippen molar-refractivity contribution in [3.63, 3.8) is 0 Å². The Morgan fingerprint density at radius 2 is 2.11 bits per heavy atom. The fourth-order valence-corrected chi connectivity index (χ4v) is 2.28. The quantitative estimate of drug-likeness (QED) is 0.816. The third kappa shape index (κ3) is 3.84. The van der Waals surface area contributed by atoms with Crippen molar-refractivity contribution in [3.05, 3.63) is 47.4 Å². The number of hydrogen-bond donors (Lipinski definition) is 2. The van der Waals surface area contributed by atoms with E-state index in [0.29, 0.717) is 13.0 Å². The first-order chi connectivity index (χ1) is 9.16. The van der Waals surface area contributed by atoms with E-state index in [1.54, 1.807) is 5.41 Å². The molecule has 19 heavy (non-hydrogen) atoms. The fourth-order valence-electron chi connectivity index (χ4n) is 1.65. The zero-order valence-electron chi connectivity index (χ0n) is 10.3. The van der Waals surface area contributed by atoms with Gasteiger partial charge in [0.05, 0.1) is 12.6 Å². The molecule has 5 nitrogen and oxygen atoms in total. The molecule has 0 aliphatic carbocycles. The standard InChI is InChI=1S/C13H15N3O2S/c14-11(9-10-5-2-1-3-6-10)12(17)15-13(18)16-7-4-8-19-16/h1-6,8,11H,7,9,14H2,(H,15,17,18)/t11-/m0/s1. The molecule has 1 aliphatic rings. The van der Waals surface area contributed by atoms with Crippen LogP contribution in [-0.2, 0) is 11.2 Å². The predicted octanol–water partition coefficient (Wildman–Crippen LogP) is 1.27. The van der Waals surface area contributed by atoms with E-state index in [0.717, 1.165) is 5.56 Å². The topological polar surface area (TPSA) is 75.4 Å². The lowest BCUT2D eigenvalue weighted by atomic mass is 10.1. The van der Waals surface area contributed by atoms with E-state index in [2.05, 4.69) is 5.32 Å². The van der Waals surface area contributed by atoms with Gasteiger partial charge in [-0.1, -0.05) is 36.4 Å². The highest BCUT2D eigenvalue weighted by Crippen LogP contribution is 2.17. The van der Waals surface area contributed by atoms with Crippen molar-refractivity contribution in [1.82, 2.24) is 9.62 Å².